The van der Waals surface area contributed by atoms with E-state index in [1.807, 2.05) is 0 Å². The molecule has 1 rings (SSSR count). The maximum absolute atomic E-state index is 11.2. The molecule has 1 aliphatic heterocycles. The van der Waals surface area contributed by atoms with E-state index in [1.165, 1.54) is 0 Å². The van der Waals surface area contributed by atoms with E-state index in [0.29, 0.717) is 19.6 Å². The van der Waals surface area contributed by atoms with Crippen LogP contribution in [0.5, 0.6) is 0 Å². The maximum Gasteiger partial charge on any atom is 0.413 e. The van der Waals surface area contributed by atoms with Gasteiger partial charge >= 0.3 is 12.2 Å². The molecule has 1 fully saturated rings. The molecule has 0 unspecified atom stereocenters. The zero-order valence-corrected chi connectivity index (χ0v) is 10.9. The van der Waals surface area contributed by atoms with Gasteiger partial charge in [-0.05, 0) is 25.7 Å². The number of hydrogen-bond acceptors (Lipinski definition) is 4. The predicted molar refractivity (Wildman–Crippen MR) is 68.2 cm³/mol. The van der Waals surface area contributed by atoms with Crippen molar-refractivity contribution in [2.24, 2.45) is 5.92 Å². The molecule has 0 spiro atoms. The fourth-order valence-electron chi connectivity index (χ4n) is 2.01. The normalized spacial score (nSPS) is 18.6. The van der Waals surface area contributed by atoms with Crippen LogP contribution in [-0.4, -0.2) is 54.4 Å². The van der Waals surface area contributed by atoms with Crippen LogP contribution in [0.25, 0.3) is 0 Å². The summed E-state index contributed by atoms with van der Waals surface area (Å²) in [6.07, 6.45) is 0.0811. The molecule has 1 aliphatic rings. The molecule has 108 valence electrons. The summed E-state index contributed by atoms with van der Waals surface area (Å²) in [5, 5.41) is 21.0. The molecule has 8 heteroatoms. The van der Waals surface area contributed by atoms with Crippen molar-refractivity contribution in [3.63, 3.8) is 0 Å². The number of hydrogen-bond donors (Lipinski definition) is 4. The second kappa shape index (κ2) is 7.45. The summed E-state index contributed by atoms with van der Waals surface area (Å²) in [5.74, 6) is 0.146. The van der Waals surface area contributed by atoms with Gasteiger partial charge in [0, 0.05) is 19.6 Å². The first-order valence-electron chi connectivity index (χ1n) is 6.27. The maximum atomic E-state index is 11.2. The summed E-state index contributed by atoms with van der Waals surface area (Å²) >= 11 is 0. The van der Waals surface area contributed by atoms with Crippen LogP contribution in [0.3, 0.4) is 0 Å². The van der Waals surface area contributed by atoms with Crippen molar-refractivity contribution in [3.8, 4) is 0 Å². The molecule has 1 atom stereocenters. The number of carbonyl (C=O) groups excluding carboxylic acids is 1. The first kappa shape index (κ1) is 15.1. The summed E-state index contributed by atoms with van der Waals surface area (Å²) in [4.78, 5) is 23.4. The van der Waals surface area contributed by atoms with Crippen molar-refractivity contribution >= 4 is 18.1 Å². The first-order chi connectivity index (χ1) is 9.02. The molecule has 1 saturated heterocycles. The quantitative estimate of drug-likeness (QED) is 0.445. The fourth-order valence-corrected chi connectivity index (χ4v) is 2.01. The average Bonchev–Trinajstić information content (AvgIpc) is 2.37. The number of likely N-dealkylation sites (tertiary alicyclic amines) is 1. The summed E-state index contributed by atoms with van der Waals surface area (Å²) < 4.78 is 4.70. The highest BCUT2D eigenvalue weighted by atomic mass is 16.5. The SMILES string of the molecule is CCOC(=O)NC(=N)N1CCC[C@@H](CNC(=O)O)C1. The lowest BCUT2D eigenvalue weighted by atomic mass is 9.98. The van der Waals surface area contributed by atoms with Gasteiger partial charge in [-0.15, -0.1) is 0 Å². The second-order valence-electron chi connectivity index (χ2n) is 4.33. The summed E-state index contributed by atoms with van der Waals surface area (Å²) in [6, 6.07) is 0. The zero-order valence-electron chi connectivity index (χ0n) is 10.9. The number of piperidine rings is 1. The van der Waals surface area contributed by atoms with Gasteiger partial charge in [0.05, 0.1) is 6.61 Å². The molecule has 19 heavy (non-hydrogen) atoms. The van der Waals surface area contributed by atoms with E-state index in [0.717, 1.165) is 12.8 Å². The van der Waals surface area contributed by atoms with E-state index in [2.05, 4.69) is 10.6 Å². The van der Waals surface area contributed by atoms with Crippen LogP contribution in [-0.2, 0) is 4.74 Å². The van der Waals surface area contributed by atoms with Crippen molar-refractivity contribution in [1.82, 2.24) is 15.5 Å². The number of carbonyl (C=O) groups is 2. The van der Waals surface area contributed by atoms with Crippen LogP contribution in [0.1, 0.15) is 19.8 Å². The summed E-state index contributed by atoms with van der Waals surface area (Å²) in [5.41, 5.74) is 0. The van der Waals surface area contributed by atoms with Crippen LogP contribution in [0, 0.1) is 11.3 Å². The first-order valence-corrected chi connectivity index (χ1v) is 6.27. The van der Waals surface area contributed by atoms with Crippen molar-refractivity contribution in [2.45, 2.75) is 19.8 Å². The molecule has 8 nitrogen and oxygen atoms in total. The van der Waals surface area contributed by atoms with E-state index in [-0.39, 0.29) is 18.5 Å². The monoisotopic (exact) mass is 272 g/mol. The van der Waals surface area contributed by atoms with E-state index < -0.39 is 12.2 Å². The molecule has 0 saturated carbocycles. The second-order valence-corrected chi connectivity index (χ2v) is 4.33. The zero-order chi connectivity index (χ0) is 14.3. The number of nitrogens with one attached hydrogen (secondary N) is 3. The number of carboxylic acid groups (broad SMARTS) is 1. The number of alkyl carbamates (subject to hydrolysis) is 1. The fraction of sp³-hybridized carbons (Fsp3) is 0.727. The number of amides is 2. The lowest BCUT2D eigenvalue weighted by Crippen LogP contribution is -2.49. The predicted octanol–water partition coefficient (Wildman–Crippen LogP) is 0.647. The van der Waals surface area contributed by atoms with Crippen LogP contribution in [0.4, 0.5) is 9.59 Å². The third-order valence-electron chi connectivity index (χ3n) is 2.87. The van der Waals surface area contributed by atoms with Crippen LogP contribution in [0.2, 0.25) is 0 Å². The molecule has 0 aromatic carbocycles. The van der Waals surface area contributed by atoms with Crippen molar-refractivity contribution < 1.29 is 19.4 Å². The van der Waals surface area contributed by atoms with Gasteiger partial charge in [-0.25, -0.2) is 9.59 Å². The number of rotatable bonds is 3. The van der Waals surface area contributed by atoms with Crippen molar-refractivity contribution in [1.29, 1.82) is 5.41 Å². The highest BCUT2D eigenvalue weighted by molar-refractivity contribution is 5.92. The molecule has 4 N–H and O–H groups in total. The molecule has 0 aromatic heterocycles. The van der Waals surface area contributed by atoms with Gasteiger partial charge in [-0.1, -0.05) is 0 Å². The number of nitrogens with zero attached hydrogens (tertiary/aromatic N) is 1. The largest absolute Gasteiger partial charge is 0.465 e. The Kier molecular flexibility index (Phi) is 5.91. The summed E-state index contributed by atoms with van der Waals surface area (Å²) in [7, 11) is 0. The Hall–Kier alpha value is -1.99. The minimum absolute atomic E-state index is 0.00141. The average molecular weight is 272 g/mol. The Morgan fingerprint density at radius 2 is 2.26 bits per heavy atom. The van der Waals surface area contributed by atoms with Gasteiger partial charge in [0.15, 0.2) is 0 Å². The standard InChI is InChI=1S/C11H20N4O4/c1-2-19-11(18)14-9(12)15-5-3-4-8(7-15)6-13-10(16)17/h8,13H,2-7H2,1H3,(H,16,17)(H2,12,14,18)/t8-/m0/s1. The highest BCUT2D eigenvalue weighted by Crippen LogP contribution is 2.15. The van der Waals surface area contributed by atoms with Gasteiger partial charge < -0.3 is 20.1 Å². The third-order valence-corrected chi connectivity index (χ3v) is 2.87. The molecule has 0 radical (unpaired) electrons. The van der Waals surface area contributed by atoms with Gasteiger partial charge in [0.1, 0.15) is 0 Å². The van der Waals surface area contributed by atoms with E-state index in [9.17, 15) is 9.59 Å². The Balaban J connectivity index is 2.38. The summed E-state index contributed by atoms with van der Waals surface area (Å²) in [6.45, 7) is 3.53. The molecular formula is C11H20N4O4. The highest BCUT2D eigenvalue weighted by Gasteiger charge is 2.23. The molecule has 0 bridgehead atoms. The Labute approximate surface area is 111 Å². The third kappa shape index (κ3) is 5.45. The molecule has 0 aromatic rings. The van der Waals surface area contributed by atoms with Crippen LogP contribution in [0.15, 0.2) is 0 Å². The lowest BCUT2D eigenvalue weighted by Gasteiger charge is -2.33. The van der Waals surface area contributed by atoms with Gasteiger partial charge in [0.2, 0.25) is 5.96 Å². The van der Waals surface area contributed by atoms with Crippen molar-refractivity contribution in [3.05, 3.63) is 0 Å². The molecule has 1 heterocycles. The minimum atomic E-state index is -1.04. The topological polar surface area (TPSA) is 115 Å². The molecular weight excluding hydrogens is 252 g/mol. The lowest BCUT2D eigenvalue weighted by molar-refractivity contribution is 0.155. The Morgan fingerprint density at radius 3 is 2.89 bits per heavy atom. The number of guanidine groups is 1. The Bertz CT molecular complexity index is 348. The number of ether oxygens (including phenoxy) is 1. The van der Waals surface area contributed by atoms with Gasteiger partial charge in [0.25, 0.3) is 0 Å². The van der Waals surface area contributed by atoms with Gasteiger partial charge in [-0.3, -0.25) is 10.7 Å². The Morgan fingerprint density at radius 1 is 1.53 bits per heavy atom. The minimum Gasteiger partial charge on any atom is -0.465 e. The molecule has 2 amide bonds. The van der Waals surface area contributed by atoms with Crippen molar-refractivity contribution in [2.75, 3.05) is 26.2 Å². The van der Waals surface area contributed by atoms with Gasteiger partial charge in [-0.2, -0.15) is 0 Å². The van der Waals surface area contributed by atoms with Crippen LogP contribution >= 0.6 is 0 Å². The van der Waals surface area contributed by atoms with Crippen LogP contribution < -0.4 is 10.6 Å². The van der Waals surface area contributed by atoms with E-state index in [4.69, 9.17) is 15.3 Å². The van der Waals surface area contributed by atoms with E-state index >= 15 is 0 Å². The molecule has 0 aliphatic carbocycles. The van der Waals surface area contributed by atoms with E-state index in [1.54, 1.807) is 11.8 Å². The smallest absolute Gasteiger partial charge is 0.413 e.